The van der Waals surface area contributed by atoms with Crippen LogP contribution in [0.3, 0.4) is 0 Å². The van der Waals surface area contributed by atoms with Gasteiger partial charge in [0.1, 0.15) is 0 Å². The van der Waals surface area contributed by atoms with E-state index in [1.165, 1.54) is 22.1 Å². The predicted molar refractivity (Wildman–Crippen MR) is 62.0 cm³/mol. The van der Waals surface area contributed by atoms with E-state index < -0.39 is 0 Å². The first-order valence-electron chi connectivity index (χ1n) is 5.07. The molecule has 0 spiro atoms. The van der Waals surface area contributed by atoms with Crippen molar-refractivity contribution in [3.63, 3.8) is 0 Å². The molecule has 0 radical (unpaired) electrons. The van der Waals surface area contributed by atoms with E-state index in [2.05, 4.69) is 30.4 Å². The van der Waals surface area contributed by atoms with Gasteiger partial charge in [0.2, 0.25) is 0 Å². The van der Waals surface area contributed by atoms with Crippen molar-refractivity contribution in [1.29, 1.82) is 0 Å². The molecule has 0 bridgehead atoms. The lowest BCUT2D eigenvalue weighted by Gasteiger charge is -2.12. The van der Waals surface area contributed by atoms with Gasteiger partial charge in [0.15, 0.2) is 0 Å². The summed E-state index contributed by atoms with van der Waals surface area (Å²) in [5.74, 6) is 0. The van der Waals surface area contributed by atoms with Gasteiger partial charge in [-0.3, -0.25) is 0 Å². The molecule has 1 aromatic heterocycles. The zero-order valence-corrected chi connectivity index (χ0v) is 9.08. The van der Waals surface area contributed by atoms with Crippen LogP contribution in [0.4, 0.5) is 0 Å². The molecule has 0 amide bonds. The normalized spacial score (nSPS) is 15.8. The number of hydrogen-bond donors (Lipinski definition) is 1. The second-order valence-electron chi connectivity index (χ2n) is 3.88. The standard InChI is InChI=1S/C12H13NS/c1-8-3-2-4-10-9-5-6-13-7-11(9)14-12(8)10/h2-4,13H,5-7H2,1H3. The zero-order valence-electron chi connectivity index (χ0n) is 8.26. The highest BCUT2D eigenvalue weighted by molar-refractivity contribution is 7.19. The van der Waals surface area contributed by atoms with E-state index in [1.807, 2.05) is 11.3 Å². The zero-order chi connectivity index (χ0) is 9.54. The summed E-state index contributed by atoms with van der Waals surface area (Å²) in [5.41, 5.74) is 3.01. The van der Waals surface area contributed by atoms with Gasteiger partial charge in [-0.05, 0) is 36.4 Å². The third-order valence-electron chi connectivity index (χ3n) is 2.94. The van der Waals surface area contributed by atoms with Crippen LogP contribution in [0, 0.1) is 6.92 Å². The van der Waals surface area contributed by atoms with Crippen LogP contribution in [0.5, 0.6) is 0 Å². The maximum atomic E-state index is 3.43. The summed E-state index contributed by atoms with van der Waals surface area (Å²) in [6.45, 7) is 4.40. The Morgan fingerprint density at radius 3 is 3.21 bits per heavy atom. The lowest BCUT2D eigenvalue weighted by molar-refractivity contribution is 0.657. The molecule has 0 saturated heterocycles. The van der Waals surface area contributed by atoms with E-state index in [0.717, 1.165) is 13.1 Å². The van der Waals surface area contributed by atoms with Crippen LogP contribution in [0.1, 0.15) is 16.0 Å². The Morgan fingerprint density at radius 1 is 1.36 bits per heavy atom. The van der Waals surface area contributed by atoms with E-state index in [1.54, 1.807) is 10.4 Å². The Hall–Kier alpha value is -0.860. The minimum absolute atomic E-state index is 1.06. The number of fused-ring (bicyclic) bond motifs is 3. The van der Waals surface area contributed by atoms with E-state index in [-0.39, 0.29) is 0 Å². The number of thiophene rings is 1. The molecule has 0 unspecified atom stereocenters. The molecule has 0 atom stereocenters. The highest BCUT2D eigenvalue weighted by Gasteiger charge is 2.15. The molecular formula is C12H13NS. The molecular weight excluding hydrogens is 190 g/mol. The third kappa shape index (κ3) is 1.11. The van der Waals surface area contributed by atoms with Crippen molar-refractivity contribution in [2.24, 2.45) is 0 Å². The molecule has 0 saturated carbocycles. The van der Waals surface area contributed by atoms with Crippen molar-refractivity contribution < 1.29 is 0 Å². The SMILES string of the molecule is Cc1cccc2c3c(sc12)CNCC3. The van der Waals surface area contributed by atoms with Crippen molar-refractivity contribution >= 4 is 21.4 Å². The fraction of sp³-hybridized carbons (Fsp3) is 0.333. The molecule has 1 N–H and O–H groups in total. The summed E-state index contributed by atoms with van der Waals surface area (Å²) < 4.78 is 1.49. The minimum atomic E-state index is 1.06. The van der Waals surface area contributed by atoms with Gasteiger partial charge in [-0.1, -0.05) is 18.2 Å². The third-order valence-corrected chi connectivity index (χ3v) is 4.32. The Morgan fingerprint density at radius 2 is 2.29 bits per heavy atom. The smallest absolute Gasteiger partial charge is 0.0378 e. The second-order valence-corrected chi connectivity index (χ2v) is 4.99. The maximum Gasteiger partial charge on any atom is 0.0378 e. The molecule has 2 heteroatoms. The largest absolute Gasteiger partial charge is 0.312 e. The van der Waals surface area contributed by atoms with Gasteiger partial charge in [-0.2, -0.15) is 0 Å². The van der Waals surface area contributed by atoms with E-state index in [9.17, 15) is 0 Å². The van der Waals surface area contributed by atoms with Crippen LogP contribution < -0.4 is 5.32 Å². The molecule has 2 heterocycles. The van der Waals surface area contributed by atoms with Crippen molar-refractivity contribution in [3.8, 4) is 0 Å². The van der Waals surface area contributed by atoms with Crippen LogP contribution in [-0.2, 0) is 13.0 Å². The summed E-state index contributed by atoms with van der Waals surface area (Å²) in [6, 6.07) is 6.65. The van der Waals surface area contributed by atoms with Gasteiger partial charge < -0.3 is 5.32 Å². The Bertz CT molecular complexity index is 484. The summed E-state index contributed by atoms with van der Waals surface area (Å²) in [5, 5.41) is 4.92. The molecule has 1 aromatic carbocycles. The predicted octanol–water partition coefficient (Wildman–Crippen LogP) is 2.86. The van der Waals surface area contributed by atoms with E-state index >= 15 is 0 Å². The molecule has 1 nitrogen and oxygen atoms in total. The Balaban J connectivity index is 2.36. The lowest BCUT2D eigenvalue weighted by Crippen LogP contribution is -2.21. The van der Waals surface area contributed by atoms with Crippen molar-refractivity contribution in [2.75, 3.05) is 6.54 Å². The molecule has 72 valence electrons. The van der Waals surface area contributed by atoms with Crippen LogP contribution in [0.2, 0.25) is 0 Å². The number of rotatable bonds is 0. The summed E-state index contributed by atoms with van der Waals surface area (Å²) in [6.07, 6.45) is 1.19. The van der Waals surface area contributed by atoms with Crippen LogP contribution in [-0.4, -0.2) is 6.54 Å². The summed E-state index contributed by atoms with van der Waals surface area (Å²) >= 11 is 1.96. The lowest BCUT2D eigenvalue weighted by atomic mass is 10.0. The molecule has 1 aliphatic rings. The number of aryl methyl sites for hydroxylation is 1. The van der Waals surface area contributed by atoms with Crippen LogP contribution in [0.15, 0.2) is 18.2 Å². The highest BCUT2D eigenvalue weighted by Crippen LogP contribution is 2.34. The van der Waals surface area contributed by atoms with Gasteiger partial charge in [-0.25, -0.2) is 0 Å². The van der Waals surface area contributed by atoms with Gasteiger partial charge in [-0.15, -0.1) is 11.3 Å². The Kier molecular flexibility index (Phi) is 1.85. The van der Waals surface area contributed by atoms with Gasteiger partial charge >= 0.3 is 0 Å². The molecule has 0 aliphatic carbocycles. The number of benzene rings is 1. The Labute approximate surface area is 87.8 Å². The first-order chi connectivity index (χ1) is 6.86. The van der Waals surface area contributed by atoms with Crippen molar-refractivity contribution in [3.05, 3.63) is 34.2 Å². The van der Waals surface area contributed by atoms with E-state index in [4.69, 9.17) is 0 Å². The fourth-order valence-electron chi connectivity index (χ4n) is 2.19. The molecule has 2 aromatic rings. The van der Waals surface area contributed by atoms with Crippen LogP contribution >= 0.6 is 11.3 Å². The maximum absolute atomic E-state index is 3.43. The quantitative estimate of drug-likeness (QED) is 0.694. The van der Waals surface area contributed by atoms with Gasteiger partial charge in [0.25, 0.3) is 0 Å². The second kappa shape index (κ2) is 3.07. The fourth-order valence-corrected chi connectivity index (χ4v) is 3.48. The van der Waals surface area contributed by atoms with Gasteiger partial charge in [0.05, 0.1) is 0 Å². The molecule has 3 rings (SSSR count). The van der Waals surface area contributed by atoms with Gasteiger partial charge in [0, 0.05) is 16.1 Å². The topological polar surface area (TPSA) is 12.0 Å². The molecule has 1 aliphatic heterocycles. The average Bonchev–Trinajstić information content (AvgIpc) is 2.59. The summed E-state index contributed by atoms with van der Waals surface area (Å²) in [4.78, 5) is 1.54. The number of hydrogen-bond acceptors (Lipinski definition) is 2. The highest BCUT2D eigenvalue weighted by atomic mass is 32.1. The summed E-state index contributed by atoms with van der Waals surface area (Å²) in [7, 11) is 0. The average molecular weight is 203 g/mol. The number of nitrogens with one attached hydrogen (secondary N) is 1. The van der Waals surface area contributed by atoms with Crippen LogP contribution in [0.25, 0.3) is 10.1 Å². The van der Waals surface area contributed by atoms with E-state index in [0.29, 0.717) is 0 Å². The monoisotopic (exact) mass is 203 g/mol. The first kappa shape index (κ1) is 8.45. The van der Waals surface area contributed by atoms with Crippen molar-refractivity contribution in [2.45, 2.75) is 19.9 Å². The minimum Gasteiger partial charge on any atom is -0.312 e. The first-order valence-corrected chi connectivity index (χ1v) is 5.88. The molecule has 0 fully saturated rings. The molecule has 14 heavy (non-hydrogen) atoms. The van der Waals surface area contributed by atoms with Crippen molar-refractivity contribution in [1.82, 2.24) is 5.32 Å².